The Kier molecular flexibility index (Phi) is 4.36. The Morgan fingerprint density at radius 2 is 1.96 bits per heavy atom. The van der Waals surface area contributed by atoms with Crippen molar-refractivity contribution < 1.29 is 23.5 Å². The maximum absolute atomic E-state index is 14.4. The van der Waals surface area contributed by atoms with Gasteiger partial charge in [0, 0.05) is 18.7 Å². The molecule has 0 aromatic heterocycles. The smallest absolute Gasteiger partial charge is 0.327 e. The van der Waals surface area contributed by atoms with Crippen molar-refractivity contribution in [3.63, 3.8) is 0 Å². The van der Waals surface area contributed by atoms with Gasteiger partial charge in [-0.2, -0.15) is 0 Å². The molecule has 4 atom stereocenters. The number of ether oxygens (including phenoxy) is 1. The van der Waals surface area contributed by atoms with Crippen LogP contribution in [0.4, 0.5) is 4.39 Å². The van der Waals surface area contributed by atoms with Gasteiger partial charge in [0.1, 0.15) is 11.4 Å². The lowest BCUT2D eigenvalue weighted by Crippen LogP contribution is -2.55. The number of carbonyl (C=O) groups excluding carboxylic acids is 3. The summed E-state index contributed by atoms with van der Waals surface area (Å²) in [5.74, 6) is -3.64. The van der Waals surface area contributed by atoms with E-state index in [0.717, 1.165) is 4.90 Å². The molecule has 0 unspecified atom stereocenters. The first-order chi connectivity index (χ1) is 11.9. The largest absolute Gasteiger partial charge is 0.465 e. The van der Waals surface area contributed by atoms with Crippen LogP contribution in [0.2, 0.25) is 0 Å². The van der Waals surface area contributed by atoms with E-state index in [9.17, 15) is 18.8 Å². The van der Waals surface area contributed by atoms with Crippen LogP contribution in [0.3, 0.4) is 0 Å². The minimum atomic E-state index is -1.34. The molecule has 2 fully saturated rings. The molecule has 7 heteroatoms. The Bertz CT molecular complexity index is 738. The van der Waals surface area contributed by atoms with Crippen molar-refractivity contribution in [2.24, 2.45) is 11.8 Å². The van der Waals surface area contributed by atoms with Crippen molar-refractivity contribution in [2.75, 3.05) is 13.7 Å². The van der Waals surface area contributed by atoms with Gasteiger partial charge in [-0.05, 0) is 19.4 Å². The fourth-order valence-corrected chi connectivity index (χ4v) is 4.06. The van der Waals surface area contributed by atoms with Gasteiger partial charge in [-0.25, -0.2) is 4.39 Å². The van der Waals surface area contributed by atoms with E-state index in [2.05, 4.69) is 5.32 Å². The van der Waals surface area contributed by atoms with E-state index in [-0.39, 0.29) is 18.6 Å². The maximum Gasteiger partial charge on any atom is 0.327 e. The maximum atomic E-state index is 14.4. The molecule has 25 heavy (non-hydrogen) atoms. The van der Waals surface area contributed by atoms with E-state index in [4.69, 9.17) is 4.74 Å². The lowest BCUT2D eigenvalue weighted by Gasteiger charge is -2.31. The molecule has 1 aromatic carbocycles. The van der Waals surface area contributed by atoms with Gasteiger partial charge in [0.05, 0.1) is 18.4 Å². The topological polar surface area (TPSA) is 75.7 Å². The number of imide groups is 1. The average molecular weight is 348 g/mol. The number of fused-ring (bicyclic) bond motifs is 1. The fourth-order valence-electron chi connectivity index (χ4n) is 4.06. The molecule has 1 aromatic rings. The van der Waals surface area contributed by atoms with Crippen molar-refractivity contribution in [3.05, 3.63) is 35.6 Å². The van der Waals surface area contributed by atoms with E-state index in [0.29, 0.717) is 0 Å². The van der Waals surface area contributed by atoms with Gasteiger partial charge in [-0.1, -0.05) is 25.1 Å². The molecule has 2 aliphatic rings. The summed E-state index contributed by atoms with van der Waals surface area (Å²) in [5.41, 5.74) is -1.07. The first-order valence-corrected chi connectivity index (χ1v) is 8.39. The van der Waals surface area contributed by atoms with E-state index >= 15 is 0 Å². The highest BCUT2D eigenvalue weighted by Gasteiger charge is 2.67. The first kappa shape index (κ1) is 17.5. The number of hydrogen-bond acceptors (Lipinski definition) is 5. The molecule has 2 amide bonds. The normalized spacial score (nSPS) is 31.4. The van der Waals surface area contributed by atoms with Gasteiger partial charge in [0.15, 0.2) is 0 Å². The van der Waals surface area contributed by atoms with Gasteiger partial charge in [0.25, 0.3) is 0 Å². The Morgan fingerprint density at radius 1 is 1.28 bits per heavy atom. The molecule has 0 spiro atoms. The Balaban J connectivity index is 2.14. The number of esters is 1. The number of hydrogen-bond donors (Lipinski definition) is 1. The second-order valence-electron chi connectivity index (χ2n) is 6.43. The van der Waals surface area contributed by atoms with Crippen molar-refractivity contribution >= 4 is 17.8 Å². The zero-order valence-electron chi connectivity index (χ0n) is 14.4. The highest BCUT2D eigenvalue weighted by molar-refractivity contribution is 6.09. The van der Waals surface area contributed by atoms with Gasteiger partial charge < -0.3 is 4.74 Å². The van der Waals surface area contributed by atoms with E-state index < -0.39 is 47.0 Å². The molecule has 0 saturated carbocycles. The number of rotatable bonds is 4. The number of halogens is 1. The SMILES string of the molecule is CCOC(=O)[C@]1(CC)N[C@@H](c2ccccc2F)[C@H]2C(=O)N(C)C(=O)[C@@H]21. The summed E-state index contributed by atoms with van der Waals surface area (Å²) < 4.78 is 19.5. The van der Waals surface area contributed by atoms with Crippen molar-refractivity contribution in [1.82, 2.24) is 10.2 Å². The highest BCUT2D eigenvalue weighted by Crippen LogP contribution is 2.50. The van der Waals surface area contributed by atoms with Crippen LogP contribution in [0, 0.1) is 17.7 Å². The molecular weight excluding hydrogens is 327 g/mol. The van der Waals surface area contributed by atoms with Crippen molar-refractivity contribution in [1.29, 1.82) is 0 Å². The quantitative estimate of drug-likeness (QED) is 0.658. The van der Waals surface area contributed by atoms with Gasteiger partial charge in [-0.15, -0.1) is 0 Å². The molecule has 2 saturated heterocycles. The van der Waals surface area contributed by atoms with Crippen LogP contribution in [0.5, 0.6) is 0 Å². The predicted molar refractivity (Wildman–Crippen MR) is 86.7 cm³/mol. The lowest BCUT2D eigenvalue weighted by molar-refractivity contribution is -0.156. The molecule has 3 rings (SSSR count). The van der Waals surface area contributed by atoms with E-state index in [1.54, 1.807) is 32.0 Å². The average Bonchev–Trinajstić information content (AvgIpc) is 3.06. The molecule has 2 heterocycles. The molecule has 2 aliphatic heterocycles. The molecule has 1 N–H and O–H groups in total. The van der Waals surface area contributed by atoms with Crippen molar-refractivity contribution in [2.45, 2.75) is 31.8 Å². The highest BCUT2D eigenvalue weighted by atomic mass is 19.1. The molecule has 134 valence electrons. The third-order valence-corrected chi connectivity index (χ3v) is 5.31. The van der Waals surface area contributed by atoms with Crippen LogP contribution in [0.25, 0.3) is 0 Å². The van der Waals surface area contributed by atoms with Crippen molar-refractivity contribution in [3.8, 4) is 0 Å². The molecule has 6 nitrogen and oxygen atoms in total. The second kappa shape index (κ2) is 6.22. The van der Waals surface area contributed by atoms with Crippen LogP contribution >= 0.6 is 0 Å². The van der Waals surface area contributed by atoms with Gasteiger partial charge in [0.2, 0.25) is 11.8 Å². The standard InChI is InChI=1S/C18H21FN2O4/c1-4-18(17(24)25-5-2)13-12(15(22)21(3)16(13)23)14(20-18)10-8-6-7-9-11(10)19/h6-9,12-14,20H,4-5H2,1-3H3/t12-,13+,14-,18+/m0/s1. The van der Waals surface area contributed by atoms with Gasteiger partial charge in [-0.3, -0.25) is 24.6 Å². The third kappa shape index (κ3) is 2.37. The molecular formula is C18H21FN2O4. The van der Waals surface area contributed by atoms with E-state index in [1.165, 1.54) is 13.1 Å². The summed E-state index contributed by atoms with van der Waals surface area (Å²) in [6.07, 6.45) is 0.255. The van der Waals surface area contributed by atoms with E-state index in [1.807, 2.05) is 0 Å². The van der Waals surface area contributed by atoms with Crippen LogP contribution < -0.4 is 5.32 Å². The molecule has 0 bridgehead atoms. The Labute approximate surface area is 145 Å². The van der Waals surface area contributed by atoms with Gasteiger partial charge >= 0.3 is 5.97 Å². The summed E-state index contributed by atoms with van der Waals surface area (Å²) in [4.78, 5) is 39.1. The summed E-state index contributed by atoms with van der Waals surface area (Å²) >= 11 is 0. The monoisotopic (exact) mass is 348 g/mol. The van der Waals surface area contributed by atoms with Crippen LogP contribution in [-0.4, -0.2) is 41.9 Å². The number of amides is 2. The minimum absolute atomic E-state index is 0.155. The number of benzene rings is 1. The molecule has 0 aliphatic carbocycles. The summed E-state index contributed by atoms with van der Waals surface area (Å²) in [7, 11) is 1.40. The Morgan fingerprint density at radius 3 is 2.56 bits per heavy atom. The number of nitrogens with zero attached hydrogens (tertiary/aromatic N) is 1. The van der Waals surface area contributed by atoms with Crippen LogP contribution in [-0.2, 0) is 19.1 Å². The lowest BCUT2D eigenvalue weighted by atomic mass is 9.78. The Hall–Kier alpha value is -2.28. The van der Waals surface area contributed by atoms with Crippen LogP contribution in [0.15, 0.2) is 24.3 Å². The second-order valence-corrected chi connectivity index (χ2v) is 6.43. The predicted octanol–water partition coefficient (Wildman–Crippen LogP) is 1.41. The summed E-state index contributed by atoms with van der Waals surface area (Å²) in [6.45, 7) is 3.58. The summed E-state index contributed by atoms with van der Waals surface area (Å²) in [6, 6.07) is 5.31. The van der Waals surface area contributed by atoms with Crippen LogP contribution in [0.1, 0.15) is 31.9 Å². The number of likely N-dealkylation sites (tertiary alicyclic amines) is 1. The number of nitrogens with one attached hydrogen (secondary N) is 1. The zero-order valence-corrected chi connectivity index (χ0v) is 14.4. The minimum Gasteiger partial charge on any atom is -0.465 e. The molecule has 0 radical (unpaired) electrons. The number of carbonyl (C=O) groups is 3. The fraction of sp³-hybridized carbons (Fsp3) is 0.500. The first-order valence-electron chi connectivity index (χ1n) is 8.39. The zero-order chi connectivity index (χ0) is 18.4. The summed E-state index contributed by atoms with van der Waals surface area (Å²) in [5, 5.41) is 3.10. The third-order valence-electron chi connectivity index (χ3n) is 5.31.